The molecule has 0 saturated heterocycles. The molecule has 0 fully saturated rings. The largest absolute Gasteiger partial charge is 0.368 e. The first kappa shape index (κ1) is 18.6. The number of fused-ring (bicyclic) bond motifs is 3. The molecule has 0 radical (unpaired) electrons. The Bertz CT molecular complexity index is 1330. The van der Waals surface area contributed by atoms with Crippen molar-refractivity contribution in [3.8, 4) is 22.5 Å². The number of hydrogen-bond acceptors (Lipinski definition) is 6. The van der Waals surface area contributed by atoms with Gasteiger partial charge in [0, 0.05) is 28.0 Å². The molecule has 4 aromatic rings. The molecule has 2 heterocycles. The third kappa shape index (κ3) is 2.90. The number of nitrogen functional groups attached to an aromatic ring is 1. The standard InChI is InChI=1S/C23H17FN4OS/c1-11-17(30-12(2)26-11)10-14-4-3-5-16-18(14)21-19(22(16)29)20(27-23(25)28-21)13-6-8-15(24)9-7-13/h3-9H,10H2,1-2H3,(H2,25,27,28). The molecule has 5 nitrogen and oxygen atoms in total. The van der Waals surface area contributed by atoms with Gasteiger partial charge in [0.1, 0.15) is 5.82 Å². The molecule has 0 saturated carbocycles. The number of aryl methyl sites for hydroxylation is 2. The number of anilines is 1. The van der Waals surface area contributed by atoms with Crippen molar-refractivity contribution in [1.29, 1.82) is 0 Å². The number of aromatic nitrogens is 3. The molecule has 0 unspecified atom stereocenters. The Morgan fingerprint density at radius 2 is 1.70 bits per heavy atom. The third-order valence-corrected chi connectivity index (χ3v) is 6.33. The Balaban J connectivity index is 1.71. The molecule has 2 N–H and O–H groups in total. The minimum absolute atomic E-state index is 0.0772. The van der Waals surface area contributed by atoms with Gasteiger partial charge in [-0.3, -0.25) is 4.79 Å². The molecule has 0 spiro atoms. The van der Waals surface area contributed by atoms with Crippen molar-refractivity contribution in [1.82, 2.24) is 15.0 Å². The van der Waals surface area contributed by atoms with Crippen LogP contribution in [0.1, 0.15) is 37.1 Å². The summed E-state index contributed by atoms with van der Waals surface area (Å²) < 4.78 is 13.4. The van der Waals surface area contributed by atoms with Crippen molar-refractivity contribution in [3.63, 3.8) is 0 Å². The summed E-state index contributed by atoms with van der Waals surface area (Å²) in [6.45, 7) is 3.98. The van der Waals surface area contributed by atoms with E-state index in [0.29, 0.717) is 34.5 Å². The van der Waals surface area contributed by atoms with E-state index in [1.165, 1.54) is 12.1 Å². The van der Waals surface area contributed by atoms with E-state index in [0.717, 1.165) is 26.7 Å². The van der Waals surface area contributed by atoms with Gasteiger partial charge in [0.15, 0.2) is 5.78 Å². The van der Waals surface area contributed by atoms with Crippen LogP contribution in [0.25, 0.3) is 22.5 Å². The van der Waals surface area contributed by atoms with Crippen LogP contribution in [0.4, 0.5) is 10.3 Å². The van der Waals surface area contributed by atoms with Crippen LogP contribution < -0.4 is 5.73 Å². The van der Waals surface area contributed by atoms with Crippen molar-refractivity contribution in [2.24, 2.45) is 0 Å². The van der Waals surface area contributed by atoms with Gasteiger partial charge >= 0.3 is 0 Å². The maximum absolute atomic E-state index is 13.4. The van der Waals surface area contributed by atoms with Gasteiger partial charge in [0.25, 0.3) is 0 Å². The zero-order chi connectivity index (χ0) is 21.0. The second-order valence-corrected chi connectivity index (χ2v) is 8.54. The fourth-order valence-corrected chi connectivity index (χ4v) is 4.91. The zero-order valence-corrected chi connectivity index (χ0v) is 17.2. The molecule has 2 aromatic carbocycles. The maximum Gasteiger partial charge on any atom is 0.221 e. The van der Waals surface area contributed by atoms with Crippen molar-refractivity contribution in [3.05, 3.63) is 80.6 Å². The number of carbonyl (C=O) groups excluding carboxylic acids is 1. The monoisotopic (exact) mass is 416 g/mol. The normalized spacial score (nSPS) is 12.2. The van der Waals surface area contributed by atoms with E-state index in [-0.39, 0.29) is 17.5 Å². The van der Waals surface area contributed by atoms with Gasteiger partial charge in [-0.2, -0.15) is 0 Å². The van der Waals surface area contributed by atoms with Crippen LogP contribution in [0.2, 0.25) is 0 Å². The maximum atomic E-state index is 13.4. The van der Waals surface area contributed by atoms with Gasteiger partial charge in [-0.1, -0.05) is 18.2 Å². The van der Waals surface area contributed by atoms with Crippen LogP contribution in [0.5, 0.6) is 0 Å². The minimum atomic E-state index is -0.357. The number of nitrogens with zero attached hydrogens (tertiary/aromatic N) is 3. The van der Waals surface area contributed by atoms with Crippen molar-refractivity contribution in [2.75, 3.05) is 5.73 Å². The summed E-state index contributed by atoms with van der Waals surface area (Å²) in [5.74, 6) is -0.420. The highest BCUT2D eigenvalue weighted by molar-refractivity contribution is 7.11. The molecule has 0 bridgehead atoms. The van der Waals surface area contributed by atoms with Gasteiger partial charge in [-0.15, -0.1) is 11.3 Å². The lowest BCUT2D eigenvalue weighted by Gasteiger charge is -2.10. The molecule has 148 valence electrons. The quantitative estimate of drug-likeness (QED) is 0.459. The molecule has 1 aliphatic rings. The summed E-state index contributed by atoms with van der Waals surface area (Å²) in [4.78, 5) is 27.8. The smallest absolute Gasteiger partial charge is 0.221 e. The fraction of sp³-hybridized carbons (Fsp3) is 0.130. The fourth-order valence-electron chi connectivity index (χ4n) is 3.95. The minimum Gasteiger partial charge on any atom is -0.368 e. The van der Waals surface area contributed by atoms with Gasteiger partial charge in [0.05, 0.1) is 27.7 Å². The summed E-state index contributed by atoms with van der Waals surface area (Å²) in [6.07, 6.45) is 0.656. The Hall–Kier alpha value is -3.45. The zero-order valence-electron chi connectivity index (χ0n) is 16.4. The lowest BCUT2D eigenvalue weighted by atomic mass is 9.99. The van der Waals surface area contributed by atoms with Crippen LogP contribution >= 0.6 is 11.3 Å². The predicted molar refractivity (Wildman–Crippen MR) is 115 cm³/mol. The summed E-state index contributed by atoms with van der Waals surface area (Å²) in [5.41, 5.74) is 11.4. The van der Waals surface area contributed by atoms with Crippen LogP contribution in [-0.4, -0.2) is 20.7 Å². The Morgan fingerprint density at radius 1 is 0.967 bits per heavy atom. The van der Waals surface area contributed by atoms with E-state index >= 15 is 0 Å². The number of benzene rings is 2. The Labute approximate surface area is 176 Å². The molecule has 0 atom stereocenters. The van der Waals surface area contributed by atoms with Crippen molar-refractivity contribution >= 4 is 23.1 Å². The average Bonchev–Trinajstić information content (AvgIpc) is 3.18. The highest BCUT2D eigenvalue weighted by Gasteiger charge is 2.34. The highest BCUT2D eigenvalue weighted by Crippen LogP contribution is 2.42. The van der Waals surface area contributed by atoms with Crippen molar-refractivity contribution < 1.29 is 9.18 Å². The van der Waals surface area contributed by atoms with E-state index in [1.807, 2.05) is 26.0 Å². The van der Waals surface area contributed by atoms with E-state index in [4.69, 9.17) is 5.73 Å². The summed E-state index contributed by atoms with van der Waals surface area (Å²) >= 11 is 1.65. The number of carbonyl (C=O) groups is 1. The number of halogens is 1. The SMILES string of the molecule is Cc1nc(C)c(Cc2cccc3c2-c2nc(N)nc(-c4ccc(F)cc4)c2C3=O)s1. The van der Waals surface area contributed by atoms with E-state index < -0.39 is 0 Å². The molecule has 7 heteroatoms. The molecular weight excluding hydrogens is 399 g/mol. The molecule has 0 amide bonds. The van der Waals surface area contributed by atoms with E-state index in [2.05, 4.69) is 15.0 Å². The summed E-state index contributed by atoms with van der Waals surface area (Å²) in [5, 5.41) is 1.01. The van der Waals surface area contributed by atoms with Gasteiger partial charge in [0.2, 0.25) is 5.95 Å². The van der Waals surface area contributed by atoms with Gasteiger partial charge in [-0.25, -0.2) is 19.3 Å². The number of ketones is 1. The van der Waals surface area contributed by atoms with Crippen molar-refractivity contribution in [2.45, 2.75) is 20.3 Å². The first-order chi connectivity index (χ1) is 14.4. The average molecular weight is 416 g/mol. The van der Waals surface area contributed by atoms with Crippen LogP contribution in [-0.2, 0) is 6.42 Å². The lowest BCUT2D eigenvalue weighted by Crippen LogP contribution is -2.05. The van der Waals surface area contributed by atoms with E-state index in [1.54, 1.807) is 29.5 Å². The predicted octanol–water partition coefficient (Wildman–Crippen LogP) is 4.74. The first-order valence-electron chi connectivity index (χ1n) is 9.45. The topological polar surface area (TPSA) is 81.8 Å². The molecular formula is C23H17FN4OS. The lowest BCUT2D eigenvalue weighted by molar-refractivity contribution is 0.104. The molecule has 0 aliphatic heterocycles. The summed E-state index contributed by atoms with van der Waals surface area (Å²) in [6, 6.07) is 11.6. The summed E-state index contributed by atoms with van der Waals surface area (Å²) in [7, 11) is 0. The number of thiazole rings is 1. The first-order valence-corrected chi connectivity index (χ1v) is 10.3. The van der Waals surface area contributed by atoms with Crippen LogP contribution in [0, 0.1) is 19.7 Å². The van der Waals surface area contributed by atoms with Crippen LogP contribution in [0.15, 0.2) is 42.5 Å². The Kier molecular flexibility index (Phi) is 4.22. The number of hydrogen-bond donors (Lipinski definition) is 1. The molecule has 2 aromatic heterocycles. The number of nitrogens with two attached hydrogens (primary N) is 1. The van der Waals surface area contributed by atoms with Crippen LogP contribution in [0.3, 0.4) is 0 Å². The number of rotatable bonds is 3. The van der Waals surface area contributed by atoms with Gasteiger partial charge in [-0.05, 0) is 43.7 Å². The van der Waals surface area contributed by atoms with E-state index in [9.17, 15) is 9.18 Å². The second kappa shape index (κ2) is 6.81. The second-order valence-electron chi connectivity index (χ2n) is 7.25. The molecule has 1 aliphatic carbocycles. The van der Waals surface area contributed by atoms with Gasteiger partial charge < -0.3 is 5.73 Å². The molecule has 30 heavy (non-hydrogen) atoms. The molecule has 5 rings (SSSR count). The third-order valence-electron chi connectivity index (χ3n) is 5.25. The Morgan fingerprint density at radius 3 is 2.40 bits per heavy atom. The highest BCUT2D eigenvalue weighted by atomic mass is 32.1.